The van der Waals surface area contributed by atoms with E-state index >= 15 is 0 Å². The van der Waals surface area contributed by atoms with Crippen molar-refractivity contribution in [1.82, 2.24) is 4.98 Å². The second kappa shape index (κ2) is 3.03. The van der Waals surface area contributed by atoms with E-state index in [-0.39, 0.29) is 0 Å². The summed E-state index contributed by atoms with van der Waals surface area (Å²) in [5.74, 6) is -0.703. The Hall–Kier alpha value is -1.03. The number of aromatic nitrogens is 1. The van der Waals surface area contributed by atoms with Crippen LogP contribution in [0.2, 0.25) is 0 Å². The average molecular weight is 242 g/mol. The van der Waals surface area contributed by atoms with Crippen molar-refractivity contribution in [2.24, 2.45) is 0 Å². The van der Waals surface area contributed by atoms with Crippen LogP contribution in [0.15, 0.2) is 35.5 Å². The third-order valence-electron chi connectivity index (χ3n) is 1.89. The van der Waals surface area contributed by atoms with E-state index in [4.69, 9.17) is 9.47 Å². The normalized spacial score (nSPS) is 18.0. The van der Waals surface area contributed by atoms with Gasteiger partial charge in [0, 0.05) is 18.7 Å². The molecule has 4 heteroatoms. The highest BCUT2D eigenvalue weighted by molar-refractivity contribution is 9.10. The van der Waals surface area contributed by atoms with E-state index in [1.165, 1.54) is 12.5 Å². The third-order valence-corrected chi connectivity index (χ3v) is 2.33. The fourth-order valence-electron chi connectivity index (χ4n) is 1.16. The van der Waals surface area contributed by atoms with Gasteiger partial charge in [0.05, 0.1) is 0 Å². The Bertz CT molecular complexity index is 343. The molecule has 3 nitrogen and oxygen atoms in total. The standard InChI is InChI=1S/C9H8BrNO2/c1-9(12-4-5-13-9)7-2-3-11-8(10)6-7/h2-6H,1H3. The lowest BCUT2D eigenvalue weighted by Crippen LogP contribution is -2.22. The SMILES string of the molecule is CC1(c2ccnc(Br)c2)OC=CO1. The first-order valence-corrected chi connectivity index (χ1v) is 4.63. The number of pyridine rings is 1. The highest BCUT2D eigenvalue weighted by Crippen LogP contribution is 2.31. The molecule has 2 rings (SSSR count). The van der Waals surface area contributed by atoms with Gasteiger partial charge in [-0.05, 0) is 28.1 Å². The minimum absolute atomic E-state index is 0.703. The fourth-order valence-corrected chi connectivity index (χ4v) is 1.53. The van der Waals surface area contributed by atoms with Crippen molar-refractivity contribution in [2.75, 3.05) is 0 Å². The Kier molecular flexibility index (Phi) is 2.00. The first kappa shape index (κ1) is 8.56. The predicted molar refractivity (Wildman–Crippen MR) is 50.6 cm³/mol. The van der Waals surface area contributed by atoms with Gasteiger partial charge in [-0.25, -0.2) is 4.98 Å². The van der Waals surface area contributed by atoms with Gasteiger partial charge in [-0.3, -0.25) is 0 Å². The Balaban J connectivity index is 2.35. The maximum Gasteiger partial charge on any atom is 0.274 e. The van der Waals surface area contributed by atoms with Crippen LogP contribution < -0.4 is 0 Å². The third kappa shape index (κ3) is 1.54. The zero-order valence-electron chi connectivity index (χ0n) is 7.03. The molecular formula is C9H8BrNO2. The summed E-state index contributed by atoms with van der Waals surface area (Å²) >= 11 is 3.29. The van der Waals surface area contributed by atoms with E-state index < -0.39 is 5.79 Å². The molecule has 0 aromatic carbocycles. The molecule has 0 spiro atoms. The summed E-state index contributed by atoms with van der Waals surface area (Å²) < 4.78 is 11.4. The summed E-state index contributed by atoms with van der Waals surface area (Å²) in [6.07, 6.45) is 4.78. The molecule has 1 aromatic heterocycles. The molecule has 0 aliphatic carbocycles. The Morgan fingerprint density at radius 2 is 2.08 bits per heavy atom. The maximum absolute atomic E-state index is 5.33. The number of halogens is 1. The van der Waals surface area contributed by atoms with Gasteiger partial charge in [0.1, 0.15) is 17.1 Å². The Labute approximate surface area is 84.5 Å². The predicted octanol–water partition coefficient (Wildman–Crippen LogP) is 2.53. The molecule has 0 bridgehead atoms. The van der Waals surface area contributed by atoms with Gasteiger partial charge in [-0.2, -0.15) is 0 Å². The van der Waals surface area contributed by atoms with E-state index in [2.05, 4.69) is 20.9 Å². The zero-order valence-corrected chi connectivity index (χ0v) is 8.61. The Morgan fingerprint density at radius 3 is 2.69 bits per heavy atom. The molecule has 0 saturated carbocycles. The maximum atomic E-state index is 5.33. The molecule has 1 aromatic rings. The number of hydrogen-bond donors (Lipinski definition) is 0. The summed E-state index contributed by atoms with van der Waals surface area (Å²) in [6, 6.07) is 3.73. The van der Waals surface area contributed by atoms with E-state index in [9.17, 15) is 0 Å². The van der Waals surface area contributed by atoms with Crippen LogP contribution in [0, 0.1) is 0 Å². The van der Waals surface area contributed by atoms with Crippen LogP contribution in [0.4, 0.5) is 0 Å². The van der Waals surface area contributed by atoms with Crippen molar-refractivity contribution in [3.05, 3.63) is 41.0 Å². The largest absolute Gasteiger partial charge is 0.453 e. The highest BCUT2D eigenvalue weighted by atomic mass is 79.9. The highest BCUT2D eigenvalue weighted by Gasteiger charge is 2.31. The first-order chi connectivity index (χ1) is 6.21. The molecule has 1 aliphatic rings. The quantitative estimate of drug-likeness (QED) is 0.709. The van der Waals surface area contributed by atoms with Crippen molar-refractivity contribution in [2.45, 2.75) is 12.7 Å². The summed E-state index contributed by atoms with van der Waals surface area (Å²) in [5, 5.41) is 0. The fraction of sp³-hybridized carbons (Fsp3) is 0.222. The molecule has 0 radical (unpaired) electrons. The molecule has 0 saturated heterocycles. The smallest absolute Gasteiger partial charge is 0.274 e. The van der Waals surface area contributed by atoms with E-state index in [0.717, 1.165) is 10.2 Å². The van der Waals surface area contributed by atoms with Gasteiger partial charge in [0.25, 0.3) is 5.79 Å². The van der Waals surface area contributed by atoms with Crippen LogP contribution in [0.25, 0.3) is 0 Å². The van der Waals surface area contributed by atoms with Crippen molar-refractivity contribution in [1.29, 1.82) is 0 Å². The first-order valence-electron chi connectivity index (χ1n) is 3.83. The summed E-state index contributed by atoms with van der Waals surface area (Å²) in [5.41, 5.74) is 0.930. The number of hydrogen-bond acceptors (Lipinski definition) is 3. The molecule has 0 atom stereocenters. The van der Waals surface area contributed by atoms with Crippen molar-refractivity contribution < 1.29 is 9.47 Å². The molecular weight excluding hydrogens is 234 g/mol. The number of ether oxygens (including phenoxy) is 2. The molecule has 0 fully saturated rings. The van der Waals surface area contributed by atoms with Gasteiger partial charge in [0.15, 0.2) is 0 Å². The number of nitrogens with zero attached hydrogens (tertiary/aromatic N) is 1. The average Bonchev–Trinajstić information content (AvgIpc) is 2.54. The summed E-state index contributed by atoms with van der Waals surface area (Å²) in [6.45, 7) is 1.86. The van der Waals surface area contributed by atoms with Crippen LogP contribution in [-0.4, -0.2) is 4.98 Å². The molecule has 1 aliphatic heterocycles. The van der Waals surface area contributed by atoms with Gasteiger partial charge in [-0.15, -0.1) is 0 Å². The van der Waals surface area contributed by atoms with Crippen LogP contribution >= 0.6 is 15.9 Å². The molecule has 0 unspecified atom stereocenters. The van der Waals surface area contributed by atoms with E-state index in [0.29, 0.717) is 0 Å². The molecule has 68 valence electrons. The van der Waals surface area contributed by atoms with E-state index in [1.54, 1.807) is 6.20 Å². The monoisotopic (exact) mass is 241 g/mol. The van der Waals surface area contributed by atoms with Gasteiger partial charge in [0.2, 0.25) is 0 Å². The van der Waals surface area contributed by atoms with Crippen LogP contribution in [0.3, 0.4) is 0 Å². The van der Waals surface area contributed by atoms with Gasteiger partial charge < -0.3 is 9.47 Å². The molecule has 0 N–H and O–H groups in total. The Morgan fingerprint density at radius 1 is 1.38 bits per heavy atom. The van der Waals surface area contributed by atoms with Gasteiger partial charge in [-0.1, -0.05) is 0 Å². The molecule has 2 heterocycles. The zero-order chi connectivity index (χ0) is 9.31. The van der Waals surface area contributed by atoms with Crippen molar-refractivity contribution in [3.8, 4) is 0 Å². The molecule has 13 heavy (non-hydrogen) atoms. The van der Waals surface area contributed by atoms with Crippen LogP contribution in [0.1, 0.15) is 12.5 Å². The second-order valence-electron chi connectivity index (χ2n) is 2.82. The van der Waals surface area contributed by atoms with Gasteiger partial charge >= 0.3 is 0 Å². The second-order valence-corrected chi connectivity index (χ2v) is 3.63. The van der Waals surface area contributed by atoms with Crippen molar-refractivity contribution in [3.63, 3.8) is 0 Å². The molecule has 0 amide bonds. The number of rotatable bonds is 1. The lowest BCUT2D eigenvalue weighted by Gasteiger charge is -2.23. The minimum atomic E-state index is -0.703. The van der Waals surface area contributed by atoms with E-state index in [1.807, 2.05) is 19.1 Å². The van der Waals surface area contributed by atoms with Crippen LogP contribution in [0.5, 0.6) is 0 Å². The lowest BCUT2D eigenvalue weighted by atomic mass is 10.1. The van der Waals surface area contributed by atoms with Crippen LogP contribution in [-0.2, 0) is 15.3 Å². The summed E-state index contributed by atoms with van der Waals surface area (Å²) in [7, 11) is 0. The minimum Gasteiger partial charge on any atom is -0.453 e. The lowest BCUT2D eigenvalue weighted by molar-refractivity contribution is -0.133. The topological polar surface area (TPSA) is 31.4 Å². The van der Waals surface area contributed by atoms with Crippen molar-refractivity contribution >= 4 is 15.9 Å². The summed E-state index contributed by atoms with van der Waals surface area (Å²) in [4.78, 5) is 4.03.